The first-order chi connectivity index (χ1) is 11.6. The summed E-state index contributed by atoms with van der Waals surface area (Å²) in [7, 11) is 1.28. The number of ether oxygens (including phenoxy) is 1. The molecule has 1 atom stereocenters. The number of anilines is 1. The number of rotatable bonds is 5. The zero-order chi connectivity index (χ0) is 18.8. The number of nitrogens with zero attached hydrogens (tertiary/aromatic N) is 1. The first-order valence-corrected chi connectivity index (χ1v) is 7.17. The number of carbonyl (C=O) groups excluding carboxylic acids is 2. The van der Waals surface area contributed by atoms with Crippen molar-refractivity contribution in [1.82, 2.24) is 4.90 Å². The maximum atomic E-state index is 12.4. The van der Waals surface area contributed by atoms with E-state index >= 15 is 0 Å². The lowest BCUT2D eigenvalue weighted by molar-refractivity contribution is -0.157. The molecular formula is C15H15F3N2O5. The molecule has 0 saturated carbocycles. The molecule has 1 aliphatic heterocycles. The molecule has 7 nitrogen and oxygen atoms in total. The van der Waals surface area contributed by atoms with Crippen molar-refractivity contribution in [1.29, 1.82) is 0 Å². The maximum absolute atomic E-state index is 12.4. The minimum atomic E-state index is -4.53. The summed E-state index contributed by atoms with van der Waals surface area (Å²) in [6, 6.07) is 3.76. The van der Waals surface area contributed by atoms with E-state index in [4.69, 9.17) is 9.84 Å². The van der Waals surface area contributed by atoms with Gasteiger partial charge < -0.3 is 20.1 Å². The van der Waals surface area contributed by atoms with Crippen LogP contribution in [-0.2, 0) is 9.59 Å². The topological polar surface area (TPSA) is 95.9 Å². The number of carboxylic acid groups (broad SMARTS) is 1. The summed E-state index contributed by atoms with van der Waals surface area (Å²) in [5.41, 5.74) is 0.112. The number of carboxylic acids is 1. The van der Waals surface area contributed by atoms with Crippen LogP contribution >= 0.6 is 0 Å². The van der Waals surface area contributed by atoms with Crippen molar-refractivity contribution in [3.8, 4) is 5.75 Å². The summed E-state index contributed by atoms with van der Waals surface area (Å²) >= 11 is 0. The van der Waals surface area contributed by atoms with Gasteiger partial charge in [0.25, 0.3) is 0 Å². The Balaban J connectivity index is 2.08. The van der Waals surface area contributed by atoms with E-state index in [1.807, 2.05) is 0 Å². The van der Waals surface area contributed by atoms with Crippen LogP contribution in [0.15, 0.2) is 18.2 Å². The van der Waals surface area contributed by atoms with Crippen molar-refractivity contribution < 1.29 is 37.4 Å². The number of nitrogens with one attached hydrogen (secondary N) is 1. The van der Waals surface area contributed by atoms with Crippen LogP contribution in [0.5, 0.6) is 5.75 Å². The Labute approximate surface area is 140 Å². The molecule has 1 aromatic rings. The van der Waals surface area contributed by atoms with Crippen molar-refractivity contribution in [3.05, 3.63) is 23.8 Å². The third kappa shape index (κ3) is 4.61. The summed E-state index contributed by atoms with van der Waals surface area (Å²) in [6.45, 7) is -1.73. The fourth-order valence-electron chi connectivity index (χ4n) is 2.48. The minimum absolute atomic E-state index is 0.0535. The molecule has 1 fully saturated rings. The van der Waals surface area contributed by atoms with Gasteiger partial charge in [-0.2, -0.15) is 13.2 Å². The van der Waals surface area contributed by atoms with E-state index in [-0.39, 0.29) is 30.0 Å². The van der Waals surface area contributed by atoms with Gasteiger partial charge in [0.15, 0.2) is 0 Å². The minimum Gasteiger partial charge on any atom is -0.495 e. The Kier molecular flexibility index (Phi) is 5.19. The second-order valence-electron chi connectivity index (χ2n) is 5.50. The van der Waals surface area contributed by atoms with Gasteiger partial charge in [-0.15, -0.1) is 0 Å². The lowest BCUT2D eigenvalue weighted by Crippen LogP contribution is -2.36. The van der Waals surface area contributed by atoms with E-state index < -0.39 is 36.4 Å². The smallest absolute Gasteiger partial charge is 0.406 e. The van der Waals surface area contributed by atoms with E-state index in [1.165, 1.54) is 25.3 Å². The van der Waals surface area contributed by atoms with Crippen molar-refractivity contribution in [2.24, 2.45) is 5.92 Å². The predicted molar refractivity (Wildman–Crippen MR) is 79.3 cm³/mol. The van der Waals surface area contributed by atoms with E-state index in [1.54, 1.807) is 0 Å². The van der Waals surface area contributed by atoms with E-state index in [9.17, 15) is 27.6 Å². The largest absolute Gasteiger partial charge is 0.495 e. The molecule has 1 aliphatic rings. The first-order valence-electron chi connectivity index (χ1n) is 7.17. The van der Waals surface area contributed by atoms with Gasteiger partial charge in [0.2, 0.25) is 11.8 Å². The van der Waals surface area contributed by atoms with Crippen LogP contribution in [0.3, 0.4) is 0 Å². The second kappa shape index (κ2) is 6.99. The van der Waals surface area contributed by atoms with E-state index in [0.29, 0.717) is 4.90 Å². The summed E-state index contributed by atoms with van der Waals surface area (Å²) in [5, 5.41) is 11.4. The predicted octanol–water partition coefficient (Wildman–Crippen LogP) is 1.74. The summed E-state index contributed by atoms with van der Waals surface area (Å²) in [6.07, 6.45) is -4.85. The number of likely N-dealkylation sites (tertiary alicyclic amines) is 1. The van der Waals surface area contributed by atoms with Gasteiger partial charge in [0.05, 0.1) is 24.3 Å². The molecule has 136 valence electrons. The summed E-state index contributed by atoms with van der Waals surface area (Å²) in [4.78, 5) is 35.3. The number of methoxy groups -OCH3 is 1. The van der Waals surface area contributed by atoms with Gasteiger partial charge in [-0.1, -0.05) is 0 Å². The lowest BCUT2D eigenvalue weighted by atomic mass is 10.1. The normalized spacial score (nSPS) is 17.5. The quantitative estimate of drug-likeness (QED) is 0.834. The highest BCUT2D eigenvalue weighted by atomic mass is 19.4. The van der Waals surface area contributed by atoms with Crippen LogP contribution in [0.4, 0.5) is 18.9 Å². The Bertz CT molecular complexity index is 705. The molecule has 1 heterocycles. The highest BCUT2D eigenvalue weighted by molar-refractivity contribution is 5.99. The van der Waals surface area contributed by atoms with Gasteiger partial charge in [-0.3, -0.25) is 9.59 Å². The summed E-state index contributed by atoms with van der Waals surface area (Å²) in [5.74, 6) is -3.41. The second-order valence-corrected chi connectivity index (χ2v) is 5.50. The molecule has 0 radical (unpaired) electrons. The maximum Gasteiger partial charge on any atom is 0.406 e. The van der Waals surface area contributed by atoms with Gasteiger partial charge in [0.1, 0.15) is 12.3 Å². The molecule has 1 saturated heterocycles. The van der Waals surface area contributed by atoms with Crippen molar-refractivity contribution in [2.45, 2.75) is 12.6 Å². The first kappa shape index (κ1) is 18.6. The monoisotopic (exact) mass is 360 g/mol. The molecule has 10 heteroatoms. The fourth-order valence-corrected chi connectivity index (χ4v) is 2.48. The number of hydrogen-bond acceptors (Lipinski definition) is 4. The number of carbonyl (C=O) groups is 3. The third-order valence-electron chi connectivity index (χ3n) is 3.66. The molecule has 2 rings (SSSR count). The number of benzene rings is 1. The number of aromatic carboxylic acids is 1. The zero-order valence-electron chi connectivity index (χ0n) is 13.1. The van der Waals surface area contributed by atoms with Crippen LogP contribution < -0.4 is 10.1 Å². The van der Waals surface area contributed by atoms with Gasteiger partial charge in [0, 0.05) is 13.0 Å². The molecule has 25 heavy (non-hydrogen) atoms. The zero-order valence-corrected chi connectivity index (χ0v) is 13.1. The molecule has 0 bridgehead atoms. The number of halogens is 3. The molecule has 2 N–H and O–H groups in total. The van der Waals surface area contributed by atoms with Crippen LogP contribution in [0.1, 0.15) is 16.8 Å². The molecule has 1 aromatic carbocycles. The fraction of sp³-hybridized carbons (Fsp3) is 0.400. The Morgan fingerprint density at radius 3 is 2.64 bits per heavy atom. The molecule has 0 aliphatic carbocycles. The van der Waals surface area contributed by atoms with Crippen molar-refractivity contribution >= 4 is 23.5 Å². The molecular weight excluding hydrogens is 345 g/mol. The van der Waals surface area contributed by atoms with Crippen LogP contribution in [0.2, 0.25) is 0 Å². The van der Waals surface area contributed by atoms with Crippen LogP contribution in [0, 0.1) is 5.92 Å². The highest BCUT2D eigenvalue weighted by Gasteiger charge is 2.40. The highest BCUT2D eigenvalue weighted by Crippen LogP contribution is 2.28. The average Bonchev–Trinajstić information content (AvgIpc) is 2.86. The Morgan fingerprint density at radius 2 is 2.08 bits per heavy atom. The summed E-state index contributed by atoms with van der Waals surface area (Å²) < 4.78 is 42.2. The van der Waals surface area contributed by atoms with E-state index in [2.05, 4.69) is 5.32 Å². The van der Waals surface area contributed by atoms with E-state index in [0.717, 1.165) is 0 Å². The van der Waals surface area contributed by atoms with Gasteiger partial charge in [-0.05, 0) is 18.2 Å². The number of alkyl halides is 3. The molecule has 1 unspecified atom stereocenters. The Morgan fingerprint density at radius 1 is 1.40 bits per heavy atom. The lowest BCUT2D eigenvalue weighted by Gasteiger charge is -2.18. The third-order valence-corrected chi connectivity index (χ3v) is 3.66. The van der Waals surface area contributed by atoms with Crippen molar-refractivity contribution in [3.63, 3.8) is 0 Å². The number of amides is 2. The van der Waals surface area contributed by atoms with Crippen molar-refractivity contribution in [2.75, 3.05) is 25.5 Å². The van der Waals surface area contributed by atoms with Gasteiger partial charge in [-0.25, -0.2) is 4.79 Å². The van der Waals surface area contributed by atoms with Gasteiger partial charge >= 0.3 is 12.1 Å². The average molecular weight is 360 g/mol. The standard InChI is InChI=1S/C15H15F3N2O5/c1-25-11-4-8(14(23)24)2-3-10(11)19-13(22)9-5-12(21)20(6-9)7-15(16,17)18/h2-4,9H,5-7H2,1H3,(H,19,22)(H,23,24). The SMILES string of the molecule is COc1cc(C(=O)O)ccc1NC(=O)C1CC(=O)N(CC(F)(F)F)C1. The molecule has 0 spiro atoms. The van der Waals surface area contributed by atoms with Crippen LogP contribution in [-0.4, -0.2) is 54.2 Å². The van der Waals surface area contributed by atoms with Crippen LogP contribution in [0.25, 0.3) is 0 Å². The molecule has 0 aromatic heterocycles. The number of hydrogen-bond donors (Lipinski definition) is 2. The molecule has 2 amide bonds. The Hall–Kier alpha value is -2.78.